The van der Waals surface area contributed by atoms with E-state index in [1.54, 1.807) is 6.92 Å². The third-order valence-corrected chi connectivity index (χ3v) is 6.89. The number of carbonyl (C=O) groups excluding carboxylic acids is 2. The molecule has 4 aromatic rings. The Kier molecular flexibility index (Phi) is 9.96. The minimum absolute atomic E-state index is 0.0460. The van der Waals surface area contributed by atoms with Crippen LogP contribution in [0.1, 0.15) is 78.9 Å². The first-order chi connectivity index (χ1) is 19.4. The van der Waals surface area contributed by atoms with E-state index in [-0.39, 0.29) is 17.9 Å². The second-order valence-corrected chi connectivity index (χ2v) is 10.5. The molecule has 208 valence electrons. The van der Waals surface area contributed by atoms with E-state index in [2.05, 4.69) is 44.7 Å². The van der Waals surface area contributed by atoms with Gasteiger partial charge in [-0.3, -0.25) is 9.59 Å². The van der Waals surface area contributed by atoms with Crippen molar-refractivity contribution < 1.29 is 19.1 Å². The molecule has 2 heterocycles. The first kappa shape index (κ1) is 28.9. The number of esters is 1. The zero-order valence-corrected chi connectivity index (χ0v) is 23.8. The van der Waals surface area contributed by atoms with Gasteiger partial charge in [-0.25, -0.2) is 0 Å². The van der Waals surface area contributed by atoms with Gasteiger partial charge in [0.1, 0.15) is 11.9 Å². The summed E-state index contributed by atoms with van der Waals surface area (Å²) >= 11 is 0. The molecule has 1 unspecified atom stereocenters. The monoisotopic (exact) mass is 537 g/mol. The third kappa shape index (κ3) is 7.29. The molecule has 4 rings (SSSR count). The second-order valence-electron chi connectivity index (χ2n) is 10.5. The Hall–Kier alpha value is -4.12. The van der Waals surface area contributed by atoms with Gasteiger partial charge in [0.2, 0.25) is 0 Å². The SMILES string of the molecule is C=CCC(Oc1ccc(C(=O)c2cc(CCCC(=O)OCC)n3ccccc23)cc1)c1ccc(CC(C)C)cc1. The van der Waals surface area contributed by atoms with E-state index in [1.807, 2.05) is 65.2 Å². The van der Waals surface area contributed by atoms with E-state index in [9.17, 15) is 9.59 Å². The van der Waals surface area contributed by atoms with Crippen molar-refractivity contribution in [2.75, 3.05) is 6.61 Å². The molecule has 0 saturated carbocycles. The molecule has 0 aliphatic heterocycles. The zero-order chi connectivity index (χ0) is 28.5. The highest BCUT2D eigenvalue weighted by Gasteiger charge is 2.18. The Labute approximate surface area is 237 Å². The van der Waals surface area contributed by atoms with Gasteiger partial charge in [0.15, 0.2) is 5.78 Å². The maximum atomic E-state index is 13.6. The highest BCUT2D eigenvalue weighted by Crippen LogP contribution is 2.28. The van der Waals surface area contributed by atoms with Crippen molar-refractivity contribution >= 4 is 17.3 Å². The normalized spacial score (nSPS) is 11.9. The Bertz CT molecular complexity index is 1430. The number of pyridine rings is 1. The van der Waals surface area contributed by atoms with Crippen molar-refractivity contribution in [2.45, 2.75) is 59.0 Å². The van der Waals surface area contributed by atoms with Crippen molar-refractivity contribution in [1.82, 2.24) is 4.40 Å². The summed E-state index contributed by atoms with van der Waals surface area (Å²) < 4.78 is 13.4. The lowest BCUT2D eigenvalue weighted by Crippen LogP contribution is -2.07. The van der Waals surface area contributed by atoms with Crippen LogP contribution in [0.25, 0.3) is 5.52 Å². The van der Waals surface area contributed by atoms with Gasteiger partial charge in [-0.05, 0) is 85.7 Å². The summed E-state index contributed by atoms with van der Waals surface area (Å²) in [5.74, 6) is 1.08. The summed E-state index contributed by atoms with van der Waals surface area (Å²) in [6.45, 7) is 10.5. The van der Waals surface area contributed by atoms with Crippen LogP contribution in [0.15, 0.2) is 91.6 Å². The average Bonchev–Trinajstić information content (AvgIpc) is 3.32. The second kappa shape index (κ2) is 13.8. The first-order valence-corrected chi connectivity index (χ1v) is 14.1. The highest BCUT2D eigenvalue weighted by atomic mass is 16.5. The molecule has 40 heavy (non-hydrogen) atoms. The lowest BCUT2D eigenvalue weighted by Gasteiger charge is -2.19. The van der Waals surface area contributed by atoms with Crippen LogP contribution in [0.2, 0.25) is 0 Å². The van der Waals surface area contributed by atoms with Crippen LogP contribution in [0.4, 0.5) is 0 Å². The molecule has 5 heteroatoms. The van der Waals surface area contributed by atoms with E-state index in [0.29, 0.717) is 55.1 Å². The Morgan fingerprint density at radius 1 is 1.00 bits per heavy atom. The van der Waals surface area contributed by atoms with Gasteiger partial charge in [0.25, 0.3) is 0 Å². The summed E-state index contributed by atoms with van der Waals surface area (Å²) in [6.07, 6.45) is 7.09. The predicted molar refractivity (Wildman–Crippen MR) is 160 cm³/mol. The molecule has 2 aromatic heterocycles. The number of ether oxygens (including phenoxy) is 2. The van der Waals surface area contributed by atoms with Gasteiger partial charge in [-0.1, -0.05) is 50.3 Å². The minimum Gasteiger partial charge on any atom is -0.485 e. The summed E-state index contributed by atoms with van der Waals surface area (Å²) in [5, 5.41) is 0. The molecule has 0 saturated heterocycles. The van der Waals surface area contributed by atoms with Gasteiger partial charge < -0.3 is 13.9 Å². The number of rotatable bonds is 14. The molecule has 0 amide bonds. The lowest BCUT2D eigenvalue weighted by atomic mass is 9.99. The molecule has 5 nitrogen and oxygen atoms in total. The van der Waals surface area contributed by atoms with Crippen LogP contribution in [0.3, 0.4) is 0 Å². The van der Waals surface area contributed by atoms with E-state index in [0.717, 1.165) is 23.2 Å². The average molecular weight is 538 g/mol. The summed E-state index contributed by atoms with van der Waals surface area (Å²) in [4.78, 5) is 25.3. The van der Waals surface area contributed by atoms with Gasteiger partial charge in [-0.2, -0.15) is 0 Å². The lowest BCUT2D eigenvalue weighted by molar-refractivity contribution is -0.143. The van der Waals surface area contributed by atoms with E-state index in [1.165, 1.54) is 5.56 Å². The van der Waals surface area contributed by atoms with Crippen molar-refractivity contribution in [1.29, 1.82) is 0 Å². The quantitative estimate of drug-likeness (QED) is 0.0930. The van der Waals surface area contributed by atoms with E-state index >= 15 is 0 Å². The molecule has 0 fully saturated rings. The number of benzene rings is 2. The van der Waals surface area contributed by atoms with Crippen molar-refractivity contribution in [3.8, 4) is 5.75 Å². The first-order valence-electron chi connectivity index (χ1n) is 14.1. The number of ketones is 1. The Morgan fingerprint density at radius 3 is 2.42 bits per heavy atom. The summed E-state index contributed by atoms with van der Waals surface area (Å²) in [5.41, 5.74) is 5.51. The number of fused-ring (bicyclic) bond motifs is 1. The number of carbonyl (C=O) groups is 2. The highest BCUT2D eigenvalue weighted by molar-refractivity contribution is 6.13. The van der Waals surface area contributed by atoms with E-state index in [4.69, 9.17) is 9.47 Å². The zero-order valence-electron chi connectivity index (χ0n) is 23.8. The van der Waals surface area contributed by atoms with Crippen LogP contribution >= 0.6 is 0 Å². The number of hydrogen-bond donors (Lipinski definition) is 0. The maximum Gasteiger partial charge on any atom is 0.305 e. The molecular formula is C35H39NO4. The molecular weight excluding hydrogens is 498 g/mol. The van der Waals surface area contributed by atoms with Gasteiger partial charge >= 0.3 is 5.97 Å². The van der Waals surface area contributed by atoms with Crippen molar-refractivity contribution in [3.05, 3.63) is 120 Å². The largest absolute Gasteiger partial charge is 0.485 e. The van der Waals surface area contributed by atoms with Crippen LogP contribution in [0, 0.1) is 5.92 Å². The predicted octanol–water partition coefficient (Wildman–Crippen LogP) is 7.95. The van der Waals surface area contributed by atoms with Crippen molar-refractivity contribution in [2.24, 2.45) is 5.92 Å². The molecule has 0 aliphatic carbocycles. The fraction of sp³-hybridized carbons (Fsp3) is 0.314. The summed E-state index contributed by atoms with van der Waals surface area (Å²) in [6, 6.07) is 23.7. The van der Waals surface area contributed by atoms with Crippen LogP contribution in [0.5, 0.6) is 5.75 Å². The molecule has 2 aromatic carbocycles. The molecule has 0 spiro atoms. The van der Waals surface area contributed by atoms with Gasteiger partial charge in [0, 0.05) is 35.9 Å². The summed E-state index contributed by atoms with van der Waals surface area (Å²) in [7, 11) is 0. The molecule has 0 N–H and O–H groups in total. The molecule has 1 atom stereocenters. The van der Waals surface area contributed by atoms with Gasteiger partial charge in [0.05, 0.1) is 12.1 Å². The van der Waals surface area contributed by atoms with E-state index < -0.39 is 0 Å². The number of aryl methyl sites for hydroxylation is 1. The van der Waals surface area contributed by atoms with Crippen LogP contribution in [-0.4, -0.2) is 22.8 Å². The molecule has 0 bridgehead atoms. The minimum atomic E-state index is -0.194. The maximum absolute atomic E-state index is 13.6. The van der Waals surface area contributed by atoms with Crippen LogP contribution in [-0.2, 0) is 22.4 Å². The fourth-order valence-electron chi connectivity index (χ4n) is 4.99. The smallest absolute Gasteiger partial charge is 0.305 e. The Balaban J connectivity index is 1.48. The van der Waals surface area contributed by atoms with Crippen LogP contribution < -0.4 is 4.74 Å². The molecule has 0 aliphatic rings. The third-order valence-electron chi connectivity index (χ3n) is 6.89. The number of aromatic nitrogens is 1. The van der Waals surface area contributed by atoms with Crippen molar-refractivity contribution in [3.63, 3.8) is 0 Å². The standard InChI is InChI=1S/C35H39NO4/c1-5-10-33(27-16-14-26(15-17-27)23-25(3)4)40-30-20-18-28(19-21-30)35(38)31-24-29(11-9-13-34(37)39-6-2)36-22-8-7-12-32(31)36/h5,7-8,12,14-22,24-25,33H,1,6,9-11,13,23H2,2-4H3. The number of hydrogen-bond acceptors (Lipinski definition) is 4. The van der Waals surface area contributed by atoms with Gasteiger partial charge in [-0.15, -0.1) is 6.58 Å². The number of nitrogens with zero attached hydrogens (tertiary/aromatic N) is 1. The fourth-order valence-corrected chi connectivity index (χ4v) is 4.99. The Morgan fingerprint density at radius 2 is 1.75 bits per heavy atom. The molecule has 0 radical (unpaired) electrons. The topological polar surface area (TPSA) is 57.0 Å².